The molecule has 5 nitrogen and oxygen atoms in total. The zero-order valence-electron chi connectivity index (χ0n) is 10.2. The molecule has 0 atom stereocenters. The molecule has 1 aromatic carbocycles. The maximum absolute atomic E-state index is 10.3. The summed E-state index contributed by atoms with van der Waals surface area (Å²) in [4.78, 5) is 10.3. The fourth-order valence-electron chi connectivity index (χ4n) is 1.61. The molecule has 2 aromatic rings. The van der Waals surface area contributed by atoms with Crippen LogP contribution in [-0.4, -0.2) is 27.9 Å². The molecule has 0 spiro atoms. The highest BCUT2D eigenvalue weighted by Crippen LogP contribution is 2.20. The van der Waals surface area contributed by atoms with Crippen molar-refractivity contribution in [1.82, 2.24) is 15.0 Å². The fraction of sp³-hybridized carbons (Fsp3) is 0.308. The Kier molecular flexibility index (Phi) is 4.06. The van der Waals surface area contributed by atoms with E-state index in [0.29, 0.717) is 19.6 Å². The lowest BCUT2D eigenvalue weighted by molar-refractivity contribution is -0.108. The van der Waals surface area contributed by atoms with Gasteiger partial charge in [0.1, 0.15) is 17.7 Å². The molecule has 0 aliphatic carbocycles. The highest BCUT2D eigenvalue weighted by molar-refractivity contribution is 5.58. The fourth-order valence-corrected chi connectivity index (χ4v) is 1.61. The molecular weight excluding hydrogens is 230 g/mol. The van der Waals surface area contributed by atoms with E-state index in [1.54, 1.807) is 4.68 Å². The Balaban J connectivity index is 2.10. The van der Waals surface area contributed by atoms with E-state index in [2.05, 4.69) is 10.3 Å². The average molecular weight is 245 g/mol. The number of carbonyl (C=O) groups excluding carboxylic acids is 1. The first-order valence-electron chi connectivity index (χ1n) is 5.90. The van der Waals surface area contributed by atoms with E-state index < -0.39 is 0 Å². The van der Waals surface area contributed by atoms with Crippen molar-refractivity contribution >= 4 is 6.29 Å². The van der Waals surface area contributed by atoms with Gasteiger partial charge in [-0.15, -0.1) is 5.10 Å². The highest BCUT2D eigenvalue weighted by atomic mass is 16.5. The summed E-state index contributed by atoms with van der Waals surface area (Å²) in [6, 6.07) is 7.70. The maximum atomic E-state index is 10.3. The number of rotatable bonds is 6. The van der Waals surface area contributed by atoms with Gasteiger partial charge in [-0.3, -0.25) is 4.68 Å². The van der Waals surface area contributed by atoms with Crippen LogP contribution in [0.15, 0.2) is 30.5 Å². The zero-order chi connectivity index (χ0) is 12.8. The molecule has 0 saturated heterocycles. The molecular formula is C13H15N3O2. The van der Waals surface area contributed by atoms with Crippen LogP contribution in [0.1, 0.15) is 13.3 Å². The van der Waals surface area contributed by atoms with Gasteiger partial charge in [0.15, 0.2) is 0 Å². The number of ether oxygens (including phenoxy) is 1. The molecule has 1 aromatic heterocycles. The minimum Gasteiger partial charge on any atom is -0.494 e. The van der Waals surface area contributed by atoms with E-state index in [-0.39, 0.29) is 0 Å². The molecule has 1 heterocycles. The second-order valence-electron chi connectivity index (χ2n) is 3.78. The third-order valence-electron chi connectivity index (χ3n) is 2.48. The van der Waals surface area contributed by atoms with Gasteiger partial charge in [-0.05, 0) is 31.2 Å². The Hall–Kier alpha value is -2.17. The van der Waals surface area contributed by atoms with Gasteiger partial charge >= 0.3 is 0 Å². The molecule has 94 valence electrons. The molecule has 0 bridgehead atoms. The van der Waals surface area contributed by atoms with E-state index in [9.17, 15) is 4.79 Å². The van der Waals surface area contributed by atoms with Crippen LogP contribution < -0.4 is 4.74 Å². The van der Waals surface area contributed by atoms with Gasteiger partial charge in [-0.2, -0.15) is 0 Å². The van der Waals surface area contributed by atoms with Gasteiger partial charge in [0, 0.05) is 18.5 Å². The van der Waals surface area contributed by atoms with E-state index in [4.69, 9.17) is 4.74 Å². The van der Waals surface area contributed by atoms with Crippen LogP contribution in [0.4, 0.5) is 0 Å². The van der Waals surface area contributed by atoms with Gasteiger partial charge in [-0.25, -0.2) is 0 Å². The second kappa shape index (κ2) is 5.95. The number of hydrogen-bond donors (Lipinski definition) is 0. The molecule has 0 saturated carbocycles. The molecule has 0 unspecified atom stereocenters. The van der Waals surface area contributed by atoms with Crippen LogP contribution in [0.2, 0.25) is 0 Å². The minimum atomic E-state index is 0.450. The summed E-state index contributed by atoms with van der Waals surface area (Å²) in [5.41, 5.74) is 1.78. The molecule has 0 aliphatic rings. The summed E-state index contributed by atoms with van der Waals surface area (Å²) in [5.74, 6) is 0.842. The Morgan fingerprint density at radius 3 is 2.78 bits per heavy atom. The zero-order valence-corrected chi connectivity index (χ0v) is 10.2. The summed E-state index contributed by atoms with van der Waals surface area (Å²) in [7, 11) is 0. The summed E-state index contributed by atoms with van der Waals surface area (Å²) >= 11 is 0. The Morgan fingerprint density at radius 1 is 1.33 bits per heavy atom. The van der Waals surface area contributed by atoms with Gasteiger partial charge in [0.05, 0.1) is 12.8 Å². The highest BCUT2D eigenvalue weighted by Gasteiger charge is 2.03. The van der Waals surface area contributed by atoms with Crippen molar-refractivity contribution in [1.29, 1.82) is 0 Å². The number of aromatic nitrogens is 3. The lowest BCUT2D eigenvalue weighted by Gasteiger charge is -2.02. The third kappa shape index (κ3) is 2.94. The molecule has 0 N–H and O–H groups in total. The van der Waals surface area contributed by atoms with E-state index in [1.165, 1.54) is 0 Å². The first kappa shape index (κ1) is 12.3. The first-order chi connectivity index (χ1) is 8.83. The van der Waals surface area contributed by atoms with E-state index in [0.717, 1.165) is 23.3 Å². The van der Waals surface area contributed by atoms with Crippen LogP contribution in [0.3, 0.4) is 0 Å². The predicted octanol–water partition coefficient (Wildman–Crippen LogP) is 1.93. The van der Waals surface area contributed by atoms with E-state index >= 15 is 0 Å². The molecule has 0 radical (unpaired) electrons. The topological polar surface area (TPSA) is 57.0 Å². The monoisotopic (exact) mass is 245 g/mol. The van der Waals surface area contributed by atoms with Crippen molar-refractivity contribution in [3.63, 3.8) is 0 Å². The lowest BCUT2D eigenvalue weighted by atomic mass is 10.2. The van der Waals surface area contributed by atoms with Crippen molar-refractivity contribution < 1.29 is 9.53 Å². The molecule has 5 heteroatoms. The SMILES string of the molecule is CCOc1ccc(-c2cn(CCC=O)nn2)cc1. The Labute approximate surface area is 105 Å². The van der Waals surface area contributed by atoms with Crippen molar-refractivity contribution in [2.24, 2.45) is 0 Å². The molecule has 18 heavy (non-hydrogen) atoms. The lowest BCUT2D eigenvalue weighted by Crippen LogP contribution is -1.98. The molecule has 0 amide bonds. The number of aldehydes is 1. The van der Waals surface area contributed by atoms with Crippen LogP contribution >= 0.6 is 0 Å². The second-order valence-corrected chi connectivity index (χ2v) is 3.78. The summed E-state index contributed by atoms with van der Waals surface area (Å²) in [5, 5.41) is 8.04. The number of nitrogens with zero attached hydrogens (tertiary/aromatic N) is 3. The average Bonchev–Trinajstić information content (AvgIpc) is 2.86. The quantitative estimate of drug-likeness (QED) is 0.730. The number of carbonyl (C=O) groups is 1. The number of aryl methyl sites for hydroxylation is 1. The summed E-state index contributed by atoms with van der Waals surface area (Å²) < 4.78 is 7.04. The van der Waals surface area contributed by atoms with Crippen molar-refractivity contribution in [3.8, 4) is 17.0 Å². The standard InChI is InChI=1S/C13H15N3O2/c1-2-18-12-6-4-11(5-7-12)13-10-16(15-14-13)8-3-9-17/h4-7,9-10H,2-3,8H2,1H3. The molecule has 2 rings (SSSR count). The summed E-state index contributed by atoms with van der Waals surface area (Å²) in [6.07, 6.45) is 3.16. The van der Waals surface area contributed by atoms with Crippen LogP contribution in [0.25, 0.3) is 11.3 Å². The predicted molar refractivity (Wildman–Crippen MR) is 67.3 cm³/mol. The largest absolute Gasteiger partial charge is 0.494 e. The minimum absolute atomic E-state index is 0.450. The van der Waals surface area contributed by atoms with Crippen molar-refractivity contribution in [2.75, 3.05) is 6.61 Å². The van der Waals surface area contributed by atoms with E-state index in [1.807, 2.05) is 37.4 Å². The Bertz CT molecular complexity index is 505. The normalized spacial score (nSPS) is 10.3. The van der Waals surface area contributed by atoms with Gasteiger partial charge in [0.25, 0.3) is 0 Å². The molecule has 0 aliphatic heterocycles. The van der Waals surface area contributed by atoms with Gasteiger partial charge in [0.2, 0.25) is 0 Å². The van der Waals surface area contributed by atoms with Gasteiger partial charge < -0.3 is 9.53 Å². The third-order valence-corrected chi connectivity index (χ3v) is 2.48. The van der Waals surface area contributed by atoms with Crippen molar-refractivity contribution in [2.45, 2.75) is 19.9 Å². The van der Waals surface area contributed by atoms with Crippen LogP contribution in [0, 0.1) is 0 Å². The maximum Gasteiger partial charge on any atom is 0.121 e. The molecule has 0 fully saturated rings. The smallest absolute Gasteiger partial charge is 0.121 e. The Morgan fingerprint density at radius 2 is 2.11 bits per heavy atom. The van der Waals surface area contributed by atoms with Crippen LogP contribution in [-0.2, 0) is 11.3 Å². The summed E-state index contributed by atoms with van der Waals surface area (Å²) in [6.45, 7) is 3.17. The number of benzene rings is 1. The first-order valence-corrected chi connectivity index (χ1v) is 5.90. The van der Waals surface area contributed by atoms with Gasteiger partial charge in [-0.1, -0.05) is 5.21 Å². The van der Waals surface area contributed by atoms with Crippen LogP contribution in [0.5, 0.6) is 5.75 Å². The van der Waals surface area contributed by atoms with Crippen molar-refractivity contribution in [3.05, 3.63) is 30.5 Å². The number of hydrogen-bond acceptors (Lipinski definition) is 4.